The van der Waals surface area contributed by atoms with Crippen molar-refractivity contribution in [1.29, 1.82) is 0 Å². The maximum absolute atomic E-state index is 13.2. The molecular weight excluding hydrogens is 457 g/mol. The number of rotatable bonds is 7. The molecule has 35 heavy (non-hydrogen) atoms. The van der Waals surface area contributed by atoms with E-state index in [2.05, 4.69) is 0 Å². The third kappa shape index (κ3) is 5.54. The molecule has 3 aromatic carbocycles. The molecule has 2 aliphatic rings. The first-order chi connectivity index (χ1) is 16.6. The summed E-state index contributed by atoms with van der Waals surface area (Å²) in [6.45, 7) is -0.371. The number of fused-ring (bicyclic) bond motifs is 2. The average molecular weight is 481 g/mol. The molecule has 1 amide bonds. The van der Waals surface area contributed by atoms with Gasteiger partial charge in [0.25, 0.3) is 0 Å². The second-order valence-corrected chi connectivity index (χ2v) is 8.50. The number of hydrogen-bond donors (Lipinski definition) is 0. The van der Waals surface area contributed by atoms with Crippen molar-refractivity contribution in [2.45, 2.75) is 31.0 Å². The fraction of sp³-hybridized carbons (Fsp3) is 0.259. The molecule has 1 fully saturated rings. The van der Waals surface area contributed by atoms with Crippen LogP contribution in [0, 0.1) is 0 Å². The zero-order valence-corrected chi connectivity index (χ0v) is 21.5. The van der Waals surface area contributed by atoms with Crippen molar-refractivity contribution in [3.8, 4) is 5.75 Å². The van der Waals surface area contributed by atoms with Gasteiger partial charge in [-0.3, -0.25) is 0 Å². The van der Waals surface area contributed by atoms with Crippen molar-refractivity contribution < 1.29 is 58.5 Å². The SMILES string of the molecule is O=C([O-])COc1cccc2c1CCC1OC1(COC(=O)N(c1ccccc1)c1ccccc1)C2.[Na+]. The Hall–Kier alpha value is -2.84. The van der Waals surface area contributed by atoms with Crippen LogP contribution < -0.4 is 44.3 Å². The van der Waals surface area contributed by atoms with Crippen LogP contribution in [-0.4, -0.2) is 37.0 Å². The second kappa shape index (κ2) is 10.8. The molecule has 8 heteroatoms. The molecule has 174 valence electrons. The van der Waals surface area contributed by atoms with Crippen LogP contribution in [0.25, 0.3) is 0 Å². The molecule has 1 saturated heterocycles. The number of para-hydroxylation sites is 2. The van der Waals surface area contributed by atoms with Gasteiger partial charge in [0.2, 0.25) is 0 Å². The van der Waals surface area contributed by atoms with Crippen molar-refractivity contribution in [3.63, 3.8) is 0 Å². The molecular formula is C27H24NNaO6. The molecule has 2 unspecified atom stereocenters. The Kier molecular flexibility index (Phi) is 7.82. The Morgan fingerprint density at radius 2 is 1.63 bits per heavy atom. The van der Waals surface area contributed by atoms with Gasteiger partial charge in [0.1, 0.15) is 24.6 Å². The van der Waals surface area contributed by atoms with Crippen LogP contribution in [0.5, 0.6) is 5.75 Å². The topological polar surface area (TPSA) is 91.4 Å². The third-order valence-electron chi connectivity index (χ3n) is 6.28. The number of epoxide rings is 1. The van der Waals surface area contributed by atoms with Crippen LogP contribution in [0.3, 0.4) is 0 Å². The predicted octanol–water partition coefficient (Wildman–Crippen LogP) is 0.420. The summed E-state index contributed by atoms with van der Waals surface area (Å²) in [5.74, 6) is -0.711. The number of anilines is 2. The standard InChI is InChI=1S/C27H25NO6.Na/c29-25(30)17-32-23-13-7-8-19-16-27(24(34-27)15-14-22(19)23)18-33-26(31)28(20-9-3-1-4-10-20)21-11-5-2-6-12-21;/h1-13,24H,14-18H2,(H,29,30);/q;+1/p-1. The van der Waals surface area contributed by atoms with Gasteiger partial charge in [-0.1, -0.05) is 48.5 Å². The van der Waals surface area contributed by atoms with Crippen molar-refractivity contribution in [2.75, 3.05) is 18.1 Å². The van der Waals surface area contributed by atoms with E-state index in [0.29, 0.717) is 30.0 Å². The monoisotopic (exact) mass is 481 g/mol. The molecule has 1 heterocycles. The van der Waals surface area contributed by atoms with Crippen LogP contribution in [0.15, 0.2) is 78.9 Å². The maximum Gasteiger partial charge on any atom is 1.00 e. The smallest absolute Gasteiger partial charge is 0.546 e. The van der Waals surface area contributed by atoms with E-state index in [9.17, 15) is 14.7 Å². The van der Waals surface area contributed by atoms with Crippen LogP contribution in [0.2, 0.25) is 0 Å². The maximum atomic E-state index is 13.2. The quantitative estimate of drug-likeness (QED) is 0.359. The van der Waals surface area contributed by atoms with Crippen LogP contribution in [0.4, 0.5) is 16.2 Å². The molecule has 2 atom stereocenters. The van der Waals surface area contributed by atoms with Crippen molar-refractivity contribution >= 4 is 23.4 Å². The van der Waals surface area contributed by atoms with Gasteiger partial charge in [-0.15, -0.1) is 0 Å². The van der Waals surface area contributed by atoms with Gasteiger partial charge >= 0.3 is 35.7 Å². The Bertz CT molecular complexity index is 1150. The van der Waals surface area contributed by atoms with E-state index >= 15 is 0 Å². The fourth-order valence-electron chi connectivity index (χ4n) is 4.60. The minimum absolute atomic E-state index is 0. The number of carboxylic acid groups (broad SMARTS) is 1. The predicted molar refractivity (Wildman–Crippen MR) is 123 cm³/mol. The first kappa shape index (κ1) is 25.3. The summed E-state index contributed by atoms with van der Waals surface area (Å²) in [4.78, 5) is 25.6. The van der Waals surface area contributed by atoms with Gasteiger partial charge in [0.15, 0.2) is 0 Å². The van der Waals surface area contributed by atoms with E-state index in [4.69, 9.17) is 14.2 Å². The van der Waals surface area contributed by atoms with E-state index in [0.717, 1.165) is 17.5 Å². The van der Waals surface area contributed by atoms with Gasteiger partial charge in [-0.2, -0.15) is 0 Å². The second-order valence-electron chi connectivity index (χ2n) is 8.50. The Labute approximate surface area is 225 Å². The van der Waals surface area contributed by atoms with E-state index in [1.54, 1.807) is 11.0 Å². The summed E-state index contributed by atoms with van der Waals surface area (Å²) in [6.07, 6.45) is 1.47. The molecule has 7 nitrogen and oxygen atoms in total. The van der Waals surface area contributed by atoms with Gasteiger partial charge in [-0.25, -0.2) is 9.69 Å². The number of aliphatic carboxylic acids is 1. The molecule has 5 rings (SSSR count). The molecule has 0 spiro atoms. The minimum atomic E-state index is -1.26. The van der Waals surface area contributed by atoms with Crippen LogP contribution in [0.1, 0.15) is 17.5 Å². The number of carboxylic acids is 1. The number of hydrogen-bond acceptors (Lipinski definition) is 6. The Morgan fingerprint density at radius 1 is 0.971 bits per heavy atom. The number of nitrogens with zero attached hydrogens (tertiary/aromatic N) is 1. The number of carbonyl (C=O) groups excluding carboxylic acids is 2. The number of benzene rings is 3. The van der Waals surface area contributed by atoms with E-state index in [1.807, 2.05) is 72.8 Å². The zero-order chi connectivity index (χ0) is 23.5. The van der Waals surface area contributed by atoms with Gasteiger partial charge in [-0.05, 0) is 54.3 Å². The molecule has 1 aliphatic heterocycles. The summed E-state index contributed by atoms with van der Waals surface area (Å²) in [6, 6.07) is 24.3. The zero-order valence-electron chi connectivity index (χ0n) is 19.5. The summed E-state index contributed by atoms with van der Waals surface area (Å²) >= 11 is 0. The third-order valence-corrected chi connectivity index (χ3v) is 6.28. The number of ether oxygens (including phenoxy) is 3. The first-order valence-electron chi connectivity index (χ1n) is 11.2. The fourth-order valence-corrected chi connectivity index (χ4v) is 4.60. The van der Waals surface area contributed by atoms with Crippen molar-refractivity contribution in [3.05, 3.63) is 90.0 Å². The van der Waals surface area contributed by atoms with Crippen LogP contribution >= 0.6 is 0 Å². The van der Waals surface area contributed by atoms with Crippen molar-refractivity contribution in [1.82, 2.24) is 0 Å². The number of amides is 1. The van der Waals surface area contributed by atoms with Gasteiger partial charge in [0, 0.05) is 6.42 Å². The van der Waals surface area contributed by atoms with Crippen molar-refractivity contribution in [2.24, 2.45) is 0 Å². The molecule has 0 aromatic heterocycles. The average Bonchev–Trinajstić information content (AvgIpc) is 3.56. The molecule has 0 radical (unpaired) electrons. The van der Waals surface area contributed by atoms with Gasteiger partial charge < -0.3 is 24.1 Å². The molecule has 1 aliphatic carbocycles. The van der Waals surface area contributed by atoms with E-state index < -0.39 is 24.3 Å². The van der Waals surface area contributed by atoms with Gasteiger partial charge in [0.05, 0.1) is 23.4 Å². The molecule has 0 N–H and O–H groups in total. The van der Waals surface area contributed by atoms with E-state index in [-0.39, 0.29) is 42.3 Å². The molecule has 3 aromatic rings. The summed E-state index contributed by atoms with van der Waals surface area (Å²) < 4.78 is 17.3. The first-order valence-corrected chi connectivity index (χ1v) is 11.2. The molecule has 0 saturated carbocycles. The molecule has 0 bridgehead atoms. The summed E-state index contributed by atoms with van der Waals surface area (Å²) in [5, 5.41) is 10.8. The Morgan fingerprint density at radius 3 is 2.26 bits per heavy atom. The minimum Gasteiger partial charge on any atom is -0.546 e. The summed E-state index contributed by atoms with van der Waals surface area (Å²) in [5.41, 5.74) is 2.82. The van der Waals surface area contributed by atoms with E-state index in [1.165, 1.54) is 0 Å². The normalized spacial score (nSPS) is 19.7. The Balaban J connectivity index is 0.00000289. The summed E-state index contributed by atoms with van der Waals surface area (Å²) in [7, 11) is 0. The number of carbonyl (C=O) groups is 2. The largest absolute Gasteiger partial charge is 1.00 e. The van der Waals surface area contributed by atoms with Crippen LogP contribution in [-0.2, 0) is 27.1 Å².